The Morgan fingerprint density at radius 1 is 1.25 bits per heavy atom. The molecule has 6 nitrogen and oxygen atoms in total. The van der Waals surface area contributed by atoms with Crippen molar-refractivity contribution in [1.29, 1.82) is 0 Å². The number of aliphatic imine (C=N–C) groups is 1. The fraction of sp³-hybridized carbons (Fsp3) is 0.562. The van der Waals surface area contributed by atoms with E-state index in [9.17, 15) is 0 Å². The maximum atomic E-state index is 4.44. The number of imidazole rings is 1. The number of hydrogen-bond donors (Lipinski definition) is 2. The molecule has 0 saturated heterocycles. The number of rotatable bonds is 7. The van der Waals surface area contributed by atoms with Crippen molar-refractivity contribution < 1.29 is 0 Å². The third-order valence-electron chi connectivity index (χ3n) is 3.68. The van der Waals surface area contributed by atoms with Gasteiger partial charge in [0.25, 0.3) is 0 Å². The van der Waals surface area contributed by atoms with Gasteiger partial charge in [-0.15, -0.1) is 35.3 Å². The van der Waals surface area contributed by atoms with Crippen LogP contribution in [0.4, 0.5) is 0 Å². The number of unbranched alkanes of at least 4 members (excludes halogenated alkanes) is 1. The normalized spacial score (nSPS) is 11.2. The van der Waals surface area contributed by atoms with E-state index in [0.717, 1.165) is 55.0 Å². The Morgan fingerprint density at radius 2 is 2.04 bits per heavy atom. The van der Waals surface area contributed by atoms with E-state index in [1.807, 2.05) is 26.2 Å². The smallest absolute Gasteiger partial charge is 0.191 e. The number of hydrogen-bond acceptors (Lipinski definition) is 4. The van der Waals surface area contributed by atoms with Crippen molar-refractivity contribution in [2.75, 3.05) is 13.6 Å². The van der Waals surface area contributed by atoms with Gasteiger partial charge in [0.2, 0.25) is 0 Å². The Morgan fingerprint density at radius 3 is 2.62 bits per heavy atom. The van der Waals surface area contributed by atoms with E-state index in [0.29, 0.717) is 0 Å². The van der Waals surface area contributed by atoms with Gasteiger partial charge in [-0.3, -0.25) is 4.99 Å². The van der Waals surface area contributed by atoms with Crippen molar-refractivity contribution in [3.8, 4) is 0 Å². The van der Waals surface area contributed by atoms with Crippen molar-refractivity contribution in [1.82, 2.24) is 25.2 Å². The molecule has 0 spiro atoms. The fourth-order valence-electron chi connectivity index (χ4n) is 2.38. The molecule has 0 atom stereocenters. The molecule has 0 unspecified atom stereocenters. The minimum Gasteiger partial charge on any atom is -0.356 e. The van der Waals surface area contributed by atoms with Crippen LogP contribution in [0.1, 0.15) is 34.2 Å². The summed E-state index contributed by atoms with van der Waals surface area (Å²) < 4.78 is 2.18. The number of guanidine groups is 1. The number of halogens is 1. The third-order valence-corrected chi connectivity index (χ3v) is 4.75. The first-order valence-corrected chi connectivity index (χ1v) is 8.77. The van der Waals surface area contributed by atoms with Crippen molar-refractivity contribution in [3.63, 3.8) is 0 Å². The first-order valence-electron chi connectivity index (χ1n) is 7.95. The molecule has 0 amide bonds. The summed E-state index contributed by atoms with van der Waals surface area (Å²) in [6, 6.07) is 0. The van der Waals surface area contributed by atoms with Crippen LogP contribution in [0.2, 0.25) is 0 Å². The molecule has 0 saturated carbocycles. The lowest BCUT2D eigenvalue weighted by atomic mass is 10.3. The van der Waals surface area contributed by atoms with E-state index in [1.165, 1.54) is 4.88 Å². The van der Waals surface area contributed by atoms with Crippen LogP contribution in [-0.4, -0.2) is 34.1 Å². The highest BCUT2D eigenvalue weighted by molar-refractivity contribution is 14.0. The summed E-state index contributed by atoms with van der Waals surface area (Å²) in [7, 11) is 1.80. The SMILES string of the molecule is CN=C(NCCCCn1ccnc1C)NCc1sc(C)nc1C.I. The lowest BCUT2D eigenvalue weighted by molar-refractivity contribution is 0.588. The molecule has 2 aromatic heterocycles. The monoisotopic (exact) mass is 462 g/mol. The van der Waals surface area contributed by atoms with E-state index in [2.05, 4.69) is 37.1 Å². The zero-order valence-corrected chi connectivity index (χ0v) is 17.9. The summed E-state index contributed by atoms with van der Waals surface area (Å²) in [6.45, 7) is 8.82. The maximum Gasteiger partial charge on any atom is 0.191 e. The van der Waals surface area contributed by atoms with Crippen LogP contribution >= 0.6 is 35.3 Å². The van der Waals surface area contributed by atoms with Crippen LogP contribution in [0.5, 0.6) is 0 Å². The van der Waals surface area contributed by atoms with Crippen LogP contribution in [-0.2, 0) is 13.1 Å². The molecule has 2 rings (SSSR count). The van der Waals surface area contributed by atoms with Crippen LogP contribution in [0.15, 0.2) is 17.4 Å². The summed E-state index contributed by atoms with van der Waals surface area (Å²) in [5, 5.41) is 7.81. The third kappa shape index (κ3) is 6.39. The van der Waals surface area contributed by atoms with Crippen LogP contribution in [0.25, 0.3) is 0 Å². The number of aromatic nitrogens is 3. The molecule has 0 aliphatic heterocycles. The van der Waals surface area contributed by atoms with E-state index in [-0.39, 0.29) is 24.0 Å². The van der Waals surface area contributed by atoms with Gasteiger partial charge in [0.15, 0.2) is 5.96 Å². The maximum absolute atomic E-state index is 4.44. The number of thiazole rings is 1. The van der Waals surface area contributed by atoms with Gasteiger partial charge in [0, 0.05) is 37.4 Å². The van der Waals surface area contributed by atoms with Crippen molar-refractivity contribution in [2.45, 2.75) is 46.7 Å². The summed E-state index contributed by atoms with van der Waals surface area (Å²) in [5.74, 6) is 1.92. The Bertz CT molecular complexity index is 649. The molecular weight excluding hydrogens is 435 g/mol. The van der Waals surface area contributed by atoms with Gasteiger partial charge in [-0.25, -0.2) is 9.97 Å². The molecule has 0 radical (unpaired) electrons. The van der Waals surface area contributed by atoms with Gasteiger partial charge in [-0.1, -0.05) is 0 Å². The molecular formula is C16H27IN6S. The van der Waals surface area contributed by atoms with Gasteiger partial charge in [0.1, 0.15) is 5.82 Å². The predicted octanol–water partition coefficient (Wildman–Crippen LogP) is 3.03. The van der Waals surface area contributed by atoms with E-state index in [4.69, 9.17) is 0 Å². The first kappa shape index (κ1) is 20.9. The van der Waals surface area contributed by atoms with Crippen molar-refractivity contribution in [2.24, 2.45) is 4.99 Å². The molecule has 0 fully saturated rings. The second-order valence-electron chi connectivity index (χ2n) is 5.47. The lowest BCUT2D eigenvalue weighted by Gasteiger charge is -2.11. The van der Waals surface area contributed by atoms with Crippen molar-refractivity contribution in [3.05, 3.63) is 33.8 Å². The van der Waals surface area contributed by atoms with Crippen LogP contribution in [0, 0.1) is 20.8 Å². The van der Waals surface area contributed by atoms with Gasteiger partial charge in [0.05, 0.1) is 17.2 Å². The average molecular weight is 462 g/mol. The average Bonchev–Trinajstić information content (AvgIpc) is 3.07. The molecule has 2 N–H and O–H groups in total. The standard InChI is InChI=1S/C16H26N6S.HI/c1-12-15(23-14(3)21-12)11-20-16(17-4)19-7-5-6-9-22-10-8-18-13(22)2;/h8,10H,5-7,9,11H2,1-4H3,(H2,17,19,20);1H. The Labute approximate surface area is 165 Å². The summed E-state index contributed by atoms with van der Waals surface area (Å²) in [5.41, 5.74) is 1.10. The topological polar surface area (TPSA) is 67.1 Å². The highest BCUT2D eigenvalue weighted by Gasteiger charge is 2.05. The summed E-state index contributed by atoms with van der Waals surface area (Å²) in [6.07, 6.45) is 6.09. The quantitative estimate of drug-likeness (QED) is 0.287. The minimum atomic E-state index is 0. The zero-order chi connectivity index (χ0) is 16.7. The van der Waals surface area contributed by atoms with Crippen molar-refractivity contribution >= 4 is 41.3 Å². The lowest BCUT2D eigenvalue weighted by Crippen LogP contribution is -2.37. The molecule has 0 aromatic carbocycles. The molecule has 8 heteroatoms. The van der Waals surface area contributed by atoms with E-state index < -0.39 is 0 Å². The van der Waals surface area contributed by atoms with Gasteiger partial charge < -0.3 is 15.2 Å². The molecule has 0 aliphatic rings. The van der Waals surface area contributed by atoms with E-state index >= 15 is 0 Å². The molecule has 134 valence electrons. The highest BCUT2D eigenvalue weighted by atomic mass is 127. The zero-order valence-electron chi connectivity index (χ0n) is 14.8. The second-order valence-corrected chi connectivity index (χ2v) is 6.76. The molecule has 0 bridgehead atoms. The fourth-order valence-corrected chi connectivity index (χ4v) is 3.25. The highest BCUT2D eigenvalue weighted by Crippen LogP contribution is 2.16. The summed E-state index contributed by atoms with van der Waals surface area (Å²) >= 11 is 1.73. The number of nitrogens with zero attached hydrogens (tertiary/aromatic N) is 4. The number of nitrogens with one attached hydrogen (secondary N) is 2. The van der Waals surface area contributed by atoms with Gasteiger partial charge in [-0.05, 0) is 33.6 Å². The molecule has 0 aliphatic carbocycles. The molecule has 24 heavy (non-hydrogen) atoms. The second kappa shape index (κ2) is 10.7. The van der Waals surface area contributed by atoms with E-state index in [1.54, 1.807) is 18.4 Å². The van der Waals surface area contributed by atoms with Gasteiger partial charge >= 0.3 is 0 Å². The summed E-state index contributed by atoms with van der Waals surface area (Å²) in [4.78, 5) is 14.2. The predicted molar refractivity (Wildman–Crippen MR) is 111 cm³/mol. The van der Waals surface area contributed by atoms with Crippen LogP contribution < -0.4 is 10.6 Å². The molecule has 2 heterocycles. The largest absolute Gasteiger partial charge is 0.356 e. The molecule has 2 aromatic rings. The minimum absolute atomic E-state index is 0. The Balaban J connectivity index is 0.00000288. The Hall–Kier alpha value is -1.16. The Kier molecular flexibility index (Phi) is 9.27. The van der Waals surface area contributed by atoms with Crippen LogP contribution in [0.3, 0.4) is 0 Å². The number of aryl methyl sites for hydroxylation is 4. The first-order chi connectivity index (χ1) is 11.1. The van der Waals surface area contributed by atoms with Gasteiger partial charge in [-0.2, -0.15) is 0 Å².